The van der Waals surface area contributed by atoms with E-state index in [1.165, 1.54) is 0 Å². The van der Waals surface area contributed by atoms with E-state index in [1.807, 2.05) is 54.6 Å². The van der Waals surface area contributed by atoms with Gasteiger partial charge in [-0.05, 0) is 23.3 Å². The third-order valence-electron chi connectivity index (χ3n) is 3.06. The average molecular weight is 262 g/mol. The van der Waals surface area contributed by atoms with E-state index in [0.717, 1.165) is 11.1 Å². The van der Waals surface area contributed by atoms with Gasteiger partial charge >= 0.3 is 0 Å². The molecule has 2 rings (SSSR count). The molecule has 0 heterocycles. The van der Waals surface area contributed by atoms with Crippen LogP contribution >= 0.6 is 11.6 Å². The summed E-state index contributed by atoms with van der Waals surface area (Å²) in [6.45, 7) is 0.180. The van der Waals surface area contributed by atoms with Crippen molar-refractivity contribution < 1.29 is 5.11 Å². The normalized spacial score (nSPS) is 14.2. The van der Waals surface area contributed by atoms with Crippen LogP contribution in [0.15, 0.2) is 54.6 Å². The summed E-state index contributed by atoms with van der Waals surface area (Å²) in [5.74, 6) is 0. The maximum absolute atomic E-state index is 10.7. The van der Waals surface area contributed by atoms with Gasteiger partial charge in [0.05, 0.1) is 0 Å². The van der Waals surface area contributed by atoms with Crippen LogP contribution in [0.4, 0.5) is 0 Å². The van der Waals surface area contributed by atoms with Gasteiger partial charge in [-0.25, -0.2) is 0 Å². The summed E-state index contributed by atoms with van der Waals surface area (Å²) in [7, 11) is 0. The van der Waals surface area contributed by atoms with E-state index in [0.29, 0.717) is 11.4 Å². The molecule has 1 unspecified atom stereocenters. The Bertz CT molecular complexity index is 498. The lowest BCUT2D eigenvalue weighted by molar-refractivity contribution is 0.0463. The van der Waals surface area contributed by atoms with Gasteiger partial charge in [0.1, 0.15) is 5.60 Å². The summed E-state index contributed by atoms with van der Waals surface area (Å²) < 4.78 is 0. The lowest BCUT2D eigenvalue weighted by atomic mass is 9.87. The summed E-state index contributed by atoms with van der Waals surface area (Å²) in [5, 5.41) is 11.3. The first kappa shape index (κ1) is 13.1. The molecule has 0 fully saturated rings. The van der Waals surface area contributed by atoms with Gasteiger partial charge < -0.3 is 10.8 Å². The van der Waals surface area contributed by atoms with Crippen molar-refractivity contribution in [1.82, 2.24) is 0 Å². The first-order valence-corrected chi connectivity index (χ1v) is 6.24. The first-order chi connectivity index (χ1) is 8.64. The highest BCUT2D eigenvalue weighted by Crippen LogP contribution is 2.25. The van der Waals surface area contributed by atoms with Crippen molar-refractivity contribution in [3.05, 3.63) is 70.7 Å². The highest BCUT2D eigenvalue weighted by atomic mass is 35.5. The summed E-state index contributed by atoms with van der Waals surface area (Å²) in [6.07, 6.45) is 0.477. The van der Waals surface area contributed by atoms with Crippen molar-refractivity contribution in [3.63, 3.8) is 0 Å². The number of hydrogen-bond acceptors (Lipinski definition) is 2. The van der Waals surface area contributed by atoms with Gasteiger partial charge in [0, 0.05) is 18.0 Å². The van der Waals surface area contributed by atoms with Gasteiger partial charge in [-0.15, -0.1) is 0 Å². The largest absolute Gasteiger partial charge is 0.383 e. The van der Waals surface area contributed by atoms with Crippen LogP contribution in [0, 0.1) is 0 Å². The lowest BCUT2D eigenvalue weighted by Gasteiger charge is -2.27. The van der Waals surface area contributed by atoms with E-state index in [9.17, 15) is 5.11 Å². The van der Waals surface area contributed by atoms with Gasteiger partial charge in [0.15, 0.2) is 0 Å². The quantitative estimate of drug-likeness (QED) is 0.889. The Kier molecular flexibility index (Phi) is 4.02. The fourth-order valence-electron chi connectivity index (χ4n) is 1.98. The molecule has 94 valence electrons. The second-order valence-corrected chi connectivity index (χ2v) is 4.84. The smallest absolute Gasteiger partial charge is 0.106 e. The Morgan fingerprint density at radius 2 is 1.61 bits per heavy atom. The van der Waals surface area contributed by atoms with Crippen LogP contribution in [-0.4, -0.2) is 11.7 Å². The fraction of sp³-hybridized carbons (Fsp3) is 0.200. The molecule has 1 atom stereocenters. The van der Waals surface area contributed by atoms with E-state index >= 15 is 0 Å². The molecule has 0 saturated carbocycles. The highest BCUT2D eigenvalue weighted by molar-refractivity contribution is 6.30. The molecule has 0 spiro atoms. The molecular weight excluding hydrogens is 246 g/mol. The Hall–Kier alpha value is -1.35. The molecule has 0 aliphatic heterocycles. The minimum atomic E-state index is -1.03. The van der Waals surface area contributed by atoms with E-state index in [2.05, 4.69) is 0 Å². The third-order valence-corrected chi connectivity index (χ3v) is 3.31. The molecule has 0 saturated heterocycles. The van der Waals surface area contributed by atoms with Crippen LogP contribution in [0.3, 0.4) is 0 Å². The van der Waals surface area contributed by atoms with Crippen LogP contribution in [-0.2, 0) is 12.0 Å². The predicted octanol–water partition coefficient (Wildman–Crippen LogP) is 2.73. The van der Waals surface area contributed by atoms with Gasteiger partial charge in [-0.2, -0.15) is 0 Å². The van der Waals surface area contributed by atoms with E-state index in [4.69, 9.17) is 17.3 Å². The minimum absolute atomic E-state index is 0.180. The SMILES string of the molecule is NCC(O)(Cc1ccc(Cl)cc1)c1ccccc1. The molecule has 0 bridgehead atoms. The number of nitrogens with two attached hydrogens (primary N) is 1. The number of aliphatic hydroxyl groups is 1. The molecule has 18 heavy (non-hydrogen) atoms. The first-order valence-electron chi connectivity index (χ1n) is 5.86. The minimum Gasteiger partial charge on any atom is -0.383 e. The Balaban J connectivity index is 2.26. The molecule has 0 amide bonds. The summed E-state index contributed by atoms with van der Waals surface area (Å²) in [4.78, 5) is 0. The van der Waals surface area contributed by atoms with Crippen LogP contribution in [0.1, 0.15) is 11.1 Å². The molecule has 3 N–H and O–H groups in total. The van der Waals surface area contributed by atoms with Gasteiger partial charge in [0.25, 0.3) is 0 Å². The standard InChI is InChI=1S/C15H16ClNO/c16-14-8-6-12(7-9-14)10-15(18,11-17)13-4-2-1-3-5-13/h1-9,18H,10-11,17H2. The second-order valence-electron chi connectivity index (χ2n) is 4.40. The number of rotatable bonds is 4. The third kappa shape index (κ3) is 2.91. The molecule has 2 aromatic rings. The van der Waals surface area contributed by atoms with Gasteiger partial charge in [-0.3, -0.25) is 0 Å². The lowest BCUT2D eigenvalue weighted by Crippen LogP contribution is -2.37. The van der Waals surface area contributed by atoms with E-state index in [1.54, 1.807) is 0 Å². The zero-order chi connectivity index (χ0) is 13.0. The summed E-state index contributed by atoms with van der Waals surface area (Å²) in [5.41, 5.74) is 6.55. The second kappa shape index (κ2) is 5.53. The summed E-state index contributed by atoms with van der Waals surface area (Å²) >= 11 is 5.85. The predicted molar refractivity (Wildman–Crippen MR) is 74.5 cm³/mol. The van der Waals surface area contributed by atoms with Gasteiger partial charge in [-0.1, -0.05) is 54.1 Å². The van der Waals surface area contributed by atoms with Crippen molar-refractivity contribution >= 4 is 11.6 Å². The number of hydrogen-bond donors (Lipinski definition) is 2. The van der Waals surface area contributed by atoms with Crippen molar-refractivity contribution in [1.29, 1.82) is 0 Å². The zero-order valence-corrected chi connectivity index (χ0v) is 10.8. The van der Waals surface area contributed by atoms with Crippen LogP contribution in [0.2, 0.25) is 5.02 Å². The topological polar surface area (TPSA) is 46.2 Å². The van der Waals surface area contributed by atoms with Crippen LogP contribution in [0.5, 0.6) is 0 Å². The van der Waals surface area contributed by atoms with Crippen LogP contribution in [0.25, 0.3) is 0 Å². The van der Waals surface area contributed by atoms with Crippen LogP contribution < -0.4 is 5.73 Å². The Morgan fingerprint density at radius 1 is 1.00 bits per heavy atom. The Labute approximate surface area is 112 Å². The molecular formula is C15H16ClNO. The van der Waals surface area contributed by atoms with Crippen molar-refractivity contribution in [3.8, 4) is 0 Å². The average Bonchev–Trinajstić information content (AvgIpc) is 2.42. The number of benzene rings is 2. The summed E-state index contributed by atoms with van der Waals surface area (Å²) in [6, 6.07) is 17.0. The zero-order valence-electron chi connectivity index (χ0n) is 10.0. The van der Waals surface area contributed by atoms with E-state index < -0.39 is 5.60 Å². The molecule has 2 nitrogen and oxygen atoms in total. The molecule has 0 aliphatic carbocycles. The monoisotopic (exact) mass is 261 g/mol. The molecule has 3 heteroatoms. The molecule has 0 aliphatic rings. The van der Waals surface area contributed by atoms with Gasteiger partial charge in [0.2, 0.25) is 0 Å². The Morgan fingerprint density at radius 3 is 2.17 bits per heavy atom. The van der Waals surface area contributed by atoms with E-state index in [-0.39, 0.29) is 6.54 Å². The number of halogens is 1. The molecule has 0 radical (unpaired) electrons. The van der Waals surface area contributed by atoms with Crippen molar-refractivity contribution in [2.45, 2.75) is 12.0 Å². The highest BCUT2D eigenvalue weighted by Gasteiger charge is 2.27. The molecule has 2 aromatic carbocycles. The molecule has 0 aromatic heterocycles. The maximum atomic E-state index is 10.7. The van der Waals surface area contributed by atoms with Crippen molar-refractivity contribution in [2.75, 3.05) is 6.54 Å². The fourth-order valence-corrected chi connectivity index (χ4v) is 2.11. The maximum Gasteiger partial charge on any atom is 0.106 e. The van der Waals surface area contributed by atoms with Crippen molar-refractivity contribution in [2.24, 2.45) is 5.73 Å².